The number of rotatable bonds is 3. The second-order valence-corrected chi connectivity index (χ2v) is 7.30. The molecule has 2 aromatic rings. The minimum Gasteiger partial charge on any atom is -0.484 e. The van der Waals surface area contributed by atoms with Gasteiger partial charge in [-0.3, -0.25) is 4.79 Å². The lowest BCUT2D eigenvalue weighted by molar-refractivity contribution is -0.886. The van der Waals surface area contributed by atoms with E-state index in [-0.39, 0.29) is 18.6 Å². The Kier molecular flexibility index (Phi) is 4.22. The molecular formula is C21H25N2O2+. The summed E-state index contributed by atoms with van der Waals surface area (Å²) in [6.07, 6.45) is 1.04. The SMILES string of the molecule is Cc1ccc2c(c1)[C@H]1C[NH+](C)CC[C@@H]1N2C(=O)COc1ccccc1. The molecule has 2 aliphatic rings. The van der Waals surface area contributed by atoms with Crippen LogP contribution < -0.4 is 14.5 Å². The Balaban J connectivity index is 1.59. The van der Waals surface area contributed by atoms with Crippen LogP contribution in [0.1, 0.15) is 23.5 Å². The number of benzene rings is 2. The molecule has 0 spiro atoms. The van der Waals surface area contributed by atoms with Gasteiger partial charge in [0.05, 0.1) is 32.1 Å². The quantitative estimate of drug-likeness (QED) is 0.927. The average Bonchev–Trinajstić information content (AvgIpc) is 2.93. The van der Waals surface area contributed by atoms with Crippen molar-refractivity contribution in [3.05, 3.63) is 59.7 Å². The van der Waals surface area contributed by atoms with Gasteiger partial charge in [0.25, 0.3) is 5.91 Å². The number of quaternary nitrogens is 1. The van der Waals surface area contributed by atoms with Crippen LogP contribution >= 0.6 is 0 Å². The molecule has 0 aliphatic carbocycles. The van der Waals surface area contributed by atoms with Crippen molar-refractivity contribution in [3.63, 3.8) is 0 Å². The number of fused-ring (bicyclic) bond motifs is 3. The van der Waals surface area contributed by atoms with Crippen molar-refractivity contribution in [2.75, 3.05) is 31.6 Å². The van der Waals surface area contributed by atoms with Gasteiger partial charge in [-0.25, -0.2) is 0 Å². The number of carbonyl (C=O) groups excluding carboxylic acids is 1. The van der Waals surface area contributed by atoms with Gasteiger partial charge >= 0.3 is 0 Å². The number of ether oxygens (including phenoxy) is 1. The Morgan fingerprint density at radius 1 is 1.24 bits per heavy atom. The smallest absolute Gasteiger partial charge is 0.265 e. The number of hydrogen-bond acceptors (Lipinski definition) is 2. The molecule has 0 radical (unpaired) electrons. The highest BCUT2D eigenvalue weighted by Gasteiger charge is 2.45. The molecule has 2 aliphatic heterocycles. The summed E-state index contributed by atoms with van der Waals surface area (Å²) in [5.74, 6) is 1.23. The maximum absolute atomic E-state index is 13.0. The molecule has 4 rings (SSSR count). The van der Waals surface area contributed by atoms with Gasteiger partial charge in [-0.15, -0.1) is 0 Å². The van der Waals surface area contributed by atoms with Crippen LogP contribution in [0.3, 0.4) is 0 Å². The first-order valence-corrected chi connectivity index (χ1v) is 9.05. The Morgan fingerprint density at radius 3 is 2.84 bits per heavy atom. The minimum absolute atomic E-state index is 0.0565. The van der Waals surface area contributed by atoms with E-state index in [0.29, 0.717) is 5.92 Å². The fourth-order valence-electron chi connectivity index (χ4n) is 4.25. The van der Waals surface area contributed by atoms with Gasteiger partial charge in [0, 0.05) is 12.1 Å². The lowest BCUT2D eigenvalue weighted by Crippen LogP contribution is -3.11. The highest BCUT2D eigenvalue weighted by molar-refractivity contribution is 5.97. The molecule has 0 aromatic heterocycles. The Hall–Kier alpha value is -2.33. The van der Waals surface area contributed by atoms with Crippen LogP contribution in [0.4, 0.5) is 5.69 Å². The summed E-state index contributed by atoms with van der Waals surface area (Å²) < 4.78 is 5.72. The first-order valence-electron chi connectivity index (χ1n) is 9.05. The van der Waals surface area contributed by atoms with E-state index in [1.54, 1.807) is 4.90 Å². The third-order valence-electron chi connectivity index (χ3n) is 5.45. The topological polar surface area (TPSA) is 34.0 Å². The van der Waals surface area contributed by atoms with Crippen LogP contribution in [-0.4, -0.2) is 38.7 Å². The summed E-state index contributed by atoms with van der Waals surface area (Å²) in [4.78, 5) is 16.6. The monoisotopic (exact) mass is 337 g/mol. The second kappa shape index (κ2) is 6.52. The van der Waals surface area contributed by atoms with Crippen molar-refractivity contribution >= 4 is 11.6 Å². The van der Waals surface area contributed by atoms with Crippen molar-refractivity contribution < 1.29 is 14.4 Å². The van der Waals surface area contributed by atoms with Gasteiger partial charge < -0.3 is 14.5 Å². The summed E-state index contributed by atoms with van der Waals surface area (Å²) in [6.45, 7) is 4.41. The third kappa shape index (κ3) is 3.02. The van der Waals surface area contributed by atoms with Crippen molar-refractivity contribution in [1.82, 2.24) is 0 Å². The van der Waals surface area contributed by atoms with Crippen molar-refractivity contribution in [3.8, 4) is 5.75 Å². The Morgan fingerprint density at radius 2 is 2.04 bits per heavy atom. The number of nitrogens with zero attached hydrogens (tertiary/aromatic N) is 1. The number of amides is 1. The van der Waals surface area contributed by atoms with Gasteiger partial charge in [-0.1, -0.05) is 35.9 Å². The molecular weight excluding hydrogens is 312 g/mol. The zero-order valence-corrected chi connectivity index (χ0v) is 14.9. The number of piperidine rings is 1. The highest BCUT2D eigenvalue weighted by atomic mass is 16.5. The molecule has 1 unspecified atom stereocenters. The molecule has 2 heterocycles. The fourth-order valence-corrected chi connectivity index (χ4v) is 4.25. The Bertz CT molecular complexity index is 775. The number of para-hydroxylation sites is 1. The fraction of sp³-hybridized carbons (Fsp3) is 0.381. The Labute approximate surface area is 149 Å². The highest BCUT2D eigenvalue weighted by Crippen LogP contribution is 2.43. The number of hydrogen-bond donors (Lipinski definition) is 1. The zero-order valence-electron chi connectivity index (χ0n) is 14.9. The summed E-state index contributed by atoms with van der Waals surface area (Å²) in [5.41, 5.74) is 3.67. The number of likely N-dealkylation sites (tertiary alicyclic amines) is 1. The van der Waals surface area contributed by atoms with Crippen LogP contribution in [0.5, 0.6) is 5.75 Å². The number of nitrogens with one attached hydrogen (secondary N) is 1. The summed E-state index contributed by atoms with van der Waals surface area (Å²) in [6, 6.07) is 16.3. The summed E-state index contributed by atoms with van der Waals surface area (Å²) in [5, 5.41) is 0. The summed E-state index contributed by atoms with van der Waals surface area (Å²) >= 11 is 0. The molecule has 3 atom stereocenters. The van der Waals surface area contributed by atoms with Crippen molar-refractivity contribution in [2.24, 2.45) is 0 Å². The van der Waals surface area contributed by atoms with Crippen LogP contribution in [0, 0.1) is 6.92 Å². The van der Waals surface area contributed by atoms with Gasteiger partial charge in [0.2, 0.25) is 0 Å². The normalized spacial score (nSPS) is 24.6. The second-order valence-electron chi connectivity index (χ2n) is 7.30. The molecule has 1 N–H and O–H groups in total. The first-order chi connectivity index (χ1) is 12.1. The van der Waals surface area contributed by atoms with E-state index < -0.39 is 0 Å². The largest absolute Gasteiger partial charge is 0.484 e. The summed E-state index contributed by atoms with van der Waals surface area (Å²) in [7, 11) is 2.24. The molecule has 4 nitrogen and oxygen atoms in total. The minimum atomic E-state index is 0.0565. The lowest BCUT2D eigenvalue weighted by Gasteiger charge is -2.34. The van der Waals surface area contributed by atoms with E-state index in [1.165, 1.54) is 11.1 Å². The zero-order chi connectivity index (χ0) is 17.4. The standard InChI is InChI=1S/C21H24N2O2/c1-15-8-9-19-17(12-15)18-13-22(2)11-10-20(18)23(19)21(24)14-25-16-6-4-3-5-7-16/h3-9,12,18,20H,10-11,13-14H2,1-2H3/p+1/t18-,20+/m1/s1. The average molecular weight is 337 g/mol. The molecule has 130 valence electrons. The third-order valence-corrected chi connectivity index (χ3v) is 5.45. The van der Waals surface area contributed by atoms with Crippen molar-refractivity contribution in [2.45, 2.75) is 25.3 Å². The van der Waals surface area contributed by atoms with Gasteiger partial charge in [-0.05, 0) is 30.7 Å². The molecule has 25 heavy (non-hydrogen) atoms. The van der Waals surface area contributed by atoms with Crippen LogP contribution in [0.15, 0.2) is 48.5 Å². The molecule has 0 bridgehead atoms. The van der Waals surface area contributed by atoms with Gasteiger partial charge in [-0.2, -0.15) is 0 Å². The van der Waals surface area contributed by atoms with Crippen LogP contribution in [-0.2, 0) is 4.79 Å². The number of carbonyl (C=O) groups is 1. The maximum Gasteiger partial charge on any atom is 0.265 e. The van der Waals surface area contributed by atoms with Crippen LogP contribution in [0.25, 0.3) is 0 Å². The number of anilines is 1. The molecule has 1 saturated heterocycles. The van der Waals surface area contributed by atoms with E-state index in [0.717, 1.165) is 30.9 Å². The molecule has 4 heteroatoms. The van der Waals surface area contributed by atoms with Gasteiger partial charge in [0.1, 0.15) is 5.75 Å². The number of aryl methyl sites for hydroxylation is 1. The van der Waals surface area contributed by atoms with E-state index in [9.17, 15) is 4.79 Å². The van der Waals surface area contributed by atoms with Crippen LogP contribution in [0.2, 0.25) is 0 Å². The first kappa shape index (κ1) is 16.2. The van der Waals surface area contributed by atoms with E-state index in [1.807, 2.05) is 35.2 Å². The number of likely N-dealkylation sites (N-methyl/N-ethyl adjacent to an activating group) is 1. The molecule has 1 amide bonds. The van der Waals surface area contributed by atoms with E-state index in [2.05, 4.69) is 32.2 Å². The molecule has 1 fully saturated rings. The van der Waals surface area contributed by atoms with Gasteiger partial charge in [0.15, 0.2) is 6.61 Å². The van der Waals surface area contributed by atoms with E-state index in [4.69, 9.17) is 4.74 Å². The van der Waals surface area contributed by atoms with Crippen molar-refractivity contribution in [1.29, 1.82) is 0 Å². The van der Waals surface area contributed by atoms with E-state index >= 15 is 0 Å². The predicted octanol–water partition coefficient (Wildman–Crippen LogP) is 1.79. The lowest BCUT2D eigenvalue weighted by atomic mass is 9.89. The molecule has 0 saturated carbocycles. The predicted molar refractivity (Wildman–Crippen MR) is 98.4 cm³/mol. The molecule has 2 aromatic carbocycles. The maximum atomic E-state index is 13.0.